The lowest BCUT2D eigenvalue weighted by atomic mass is 9.98. The zero-order valence-corrected chi connectivity index (χ0v) is 77.9. The van der Waals surface area contributed by atoms with Crippen LogP contribution in [0.4, 0.5) is 0 Å². The van der Waals surface area contributed by atoms with E-state index < -0.39 is 0 Å². The van der Waals surface area contributed by atoms with Crippen LogP contribution >= 0.6 is 56.7 Å². The highest BCUT2D eigenvalue weighted by atomic mass is 32.1. The first-order valence-electron chi connectivity index (χ1n) is 46.2. The quantitative estimate of drug-likeness (QED) is 0.140. The Bertz CT molecular complexity index is 10400. The summed E-state index contributed by atoms with van der Waals surface area (Å²) in [6.45, 7) is 0. The van der Waals surface area contributed by atoms with E-state index in [2.05, 4.69) is 403 Å². The van der Waals surface area contributed by atoms with Crippen LogP contribution in [0.15, 0.2) is 426 Å². The first kappa shape index (κ1) is 79.2. The average molecular weight is 1860 g/mol. The van der Waals surface area contributed by atoms with Gasteiger partial charge in [-0.1, -0.05) is 279 Å². The number of hydrogen-bond acceptors (Lipinski definition) is 13. The number of nitrogens with zero attached hydrogens (tertiary/aromatic N) is 12. The van der Waals surface area contributed by atoms with Gasteiger partial charge in [-0.2, -0.15) is 0 Å². The Kier molecular flexibility index (Phi) is 18.1. The third-order valence-corrected chi connectivity index (χ3v) is 33.3. The summed E-state index contributed by atoms with van der Waals surface area (Å²) < 4.78 is 18.8. The molecule has 0 amide bonds. The maximum absolute atomic E-state index is 5.16. The summed E-state index contributed by atoms with van der Waals surface area (Å²) in [5, 5.41) is 23.3. The molecule has 0 spiro atoms. The molecule has 0 saturated heterocycles. The zero-order chi connectivity index (χ0) is 91.0. The Morgan fingerprint density at radius 1 is 0.194 bits per heavy atom. The van der Waals surface area contributed by atoms with E-state index in [1.165, 1.54) is 186 Å². The van der Waals surface area contributed by atoms with E-state index >= 15 is 0 Å². The molecule has 0 N–H and O–H groups in total. The monoisotopic (exact) mass is 1860 g/mol. The van der Waals surface area contributed by atoms with Crippen LogP contribution in [0.3, 0.4) is 0 Å². The fourth-order valence-electron chi connectivity index (χ4n) is 21.7. The predicted molar refractivity (Wildman–Crippen MR) is 588 cm³/mol. The molecule has 0 aliphatic rings. The van der Waals surface area contributed by atoms with E-state index in [1.54, 1.807) is 53.0 Å². The number of hydrogen-bond donors (Lipinski definition) is 0. The molecule has 18 aromatic carbocycles. The summed E-state index contributed by atoms with van der Waals surface area (Å²) >= 11 is 9.05. The normalized spacial score (nSPS) is 12.0. The maximum Gasteiger partial charge on any atom is 0.160 e. The molecule has 31 aromatic rings. The molecular formula is C122H70N12S5. The minimum atomic E-state index is 0.701. The minimum absolute atomic E-state index is 0.701. The Morgan fingerprint density at radius 3 is 0.971 bits per heavy atom. The second kappa shape index (κ2) is 31.7. The van der Waals surface area contributed by atoms with Crippen LogP contribution in [0.5, 0.6) is 0 Å². The molecule has 17 heteroatoms. The lowest BCUT2D eigenvalue weighted by molar-refractivity contribution is 1.18. The molecule has 0 unspecified atom stereocenters. The minimum Gasteiger partial charge on any atom is -0.309 e. The van der Waals surface area contributed by atoms with Crippen LogP contribution in [0, 0.1) is 0 Å². The molecular weight excluding hydrogens is 1790 g/mol. The first-order chi connectivity index (χ1) is 69.0. The lowest BCUT2D eigenvalue weighted by Gasteiger charge is -2.14. The molecule has 0 aliphatic carbocycles. The molecule has 0 radical (unpaired) electrons. The Labute approximate surface area is 812 Å². The number of fused-ring (bicyclic) bond motifs is 37. The molecule has 0 fully saturated rings. The van der Waals surface area contributed by atoms with Crippen molar-refractivity contribution >= 4 is 256 Å². The van der Waals surface area contributed by atoms with Crippen molar-refractivity contribution < 1.29 is 0 Å². The van der Waals surface area contributed by atoms with Crippen molar-refractivity contribution in [1.29, 1.82) is 0 Å². The second-order valence-electron chi connectivity index (χ2n) is 35.1. The van der Waals surface area contributed by atoms with Gasteiger partial charge in [-0.05, 0) is 143 Å². The summed E-state index contributed by atoms with van der Waals surface area (Å²) in [6, 6.07) is 139. The van der Waals surface area contributed by atoms with Gasteiger partial charge in [-0.15, -0.1) is 56.7 Å². The zero-order valence-electron chi connectivity index (χ0n) is 73.8. The summed E-state index contributed by atoms with van der Waals surface area (Å²) in [5.74, 6) is 0.701. The standard InChI is InChI=1S/C48H28N6S.C40H23N3S2.C34H19N3S2/c1-3-13-29(14-4-1)43-33-17-7-10-20-37(33)51-47(52-43)30-23-25-32(26-24-30)54-39-22-12-9-19-35(39)41-40-34-18-8-11-21-38(34)53(31-15-5-2-6-16-31)44(40)42-36-27-49-28-50-48(36)55-46(42)45(41)54;1-3-11-24(12-4-1)26-19-27(25-13-5-2-6-14-25)21-28(20-26)43-32-17-9-7-15-29(32)34-35-30-16-8-10-18-33(30)44-38(35)36-31-22-41-23-42-40(31)45-39(36)37(34)43;1-2-8-20(9-3-1)21-14-16-22(17-15-21)37-26-12-6-4-10-23(26)28-29-24-11-5-7-13-27(24)38-32(29)30-25-18-35-19-36-34(25)39-33(30)31(28)37/h1-28H;1-23H;1-19H. The van der Waals surface area contributed by atoms with Crippen molar-refractivity contribution in [3.05, 3.63) is 426 Å². The van der Waals surface area contributed by atoms with Crippen molar-refractivity contribution in [3.8, 4) is 78.8 Å². The van der Waals surface area contributed by atoms with Crippen LogP contribution in [-0.4, -0.2) is 58.1 Å². The number of rotatable bonds is 9. The van der Waals surface area contributed by atoms with E-state index in [9.17, 15) is 0 Å². The predicted octanol–water partition coefficient (Wildman–Crippen LogP) is 33.9. The van der Waals surface area contributed by atoms with Crippen LogP contribution in [0.2, 0.25) is 0 Å². The smallest absolute Gasteiger partial charge is 0.160 e. The fraction of sp³-hybridized carbons (Fsp3) is 0. The van der Waals surface area contributed by atoms with Crippen molar-refractivity contribution in [2.45, 2.75) is 0 Å². The highest BCUT2D eigenvalue weighted by molar-refractivity contribution is 7.31. The molecule has 0 aliphatic heterocycles. The molecule has 0 atom stereocenters. The molecule has 0 saturated carbocycles. The topological polar surface area (TPSA) is 123 Å². The number of aromatic nitrogens is 12. The maximum atomic E-state index is 5.16. The van der Waals surface area contributed by atoms with Gasteiger partial charge in [-0.3, -0.25) is 0 Å². The highest BCUT2D eigenvalue weighted by Gasteiger charge is 2.32. The summed E-state index contributed by atoms with van der Waals surface area (Å²) in [5.41, 5.74) is 25.2. The molecule has 31 rings (SSSR count). The van der Waals surface area contributed by atoms with Crippen LogP contribution < -0.4 is 0 Å². The van der Waals surface area contributed by atoms with Gasteiger partial charge >= 0.3 is 0 Å². The van der Waals surface area contributed by atoms with E-state index in [0.717, 1.165) is 86.6 Å². The SMILES string of the molecule is c1ccc(-c2cc(-c3ccccc3)cc(-n3c4ccccc4c4c5c6ccccc6sc5c5c6cncnc6sc5c43)c2)cc1.c1ccc(-c2ccc(-n3c4ccccc4c4c5c6ccccc6sc5c5c6cncnc6sc5c43)cc2)cc1.c1ccc(-c2nc(-c3ccc(-n4c5ccccc5c5c6c7ccccc7n(-c7ccccc7)c6c6c7cncnc7sc6c54)cc3)nc3ccccc23)cc1. The first-order valence-corrected chi connectivity index (χ1v) is 50.3. The van der Waals surface area contributed by atoms with Gasteiger partial charge in [0.15, 0.2) is 5.82 Å². The van der Waals surface area contributed by atoms with Crippen molar-refractivity contribution in [2.75, 3.05) is 0 Å². The molecule has 13 aromatic heterocycles. The highest BCUT2D eigenvalue weighted by Crippen LogP contribution is 2.57. The van der Waals surface area contributed by atoms with E-state index in [-0.39, 0.29) is 0 Å². The van der Waals surface area contributed by atoms with Gasteiger partial charge in [0.05, 0.1) is 69.4 Å². The van der Waals surface area contributed by atoms with E-state index in [4.69, 9.17) is 24.9 Å². The lowest BCUT2D eigenvalue weighted by Crippen LogP contribution is -1.97. The van der Waals surface area contributed by atoms with Gasteiger partial charge in [0.25, 0.3) is 0 Å². The Morgan fingerprint density at radius 2 is 0.518 bits per heavy atom. The largest absolute Gasteiger partial charge is 0.309 e. The third kappa shape index (κ3) is 12.3. The van der Waals surface area contributed by atoms with Crippen molar-refractivity contribution in [3.63, 3.8) is 0 Å². The van der Waals surface area contributed by atoms with Gasteiger partial charge in [-0.25, -0.2) is 39.9 Å². The molecule has 648 valence electrons. The van der Waals surface area contributed by atoms with Crippen molar-refractivity contribution in [2.24, 2.45) is 0 Å². The van der Waals surface area contributed by atoms with Crippen LogP contribution in [-0.2, 0) is 0 Å². The third-order valence-electron chi connectivity index (χ3n) is 27.6. The Balaban J connectivity index is 0.000000102. The van der Waals surface area contributed by atoms with Crippen LogP contribution in [0.1, 0.15) is 0 Å². The molecule has 139 heavy (non-hydrogen) atoms. The summed E-state index contributed by atoms with van der Waals surface area (Å²) in [6.07, 6.45) is 10.9. The second-order valence-corrected chi connectivity index (χ2v) is 40.2. The Hall–Kier alpha value is -17.2. The van der Waals surface area contributed by atoms with Gasteiger partial charge in [0, 0.05) is 174 Å². The number of thiophene rings is 5. The summed E-state index contributed by atoms with van der Waals surface area (Å²) in [7, 11) is 0. The van der Waals surface area contributed by atoms with Crippen LogP contribution in [0.25, 0.3) is 278 Å². The molecule has 0 bridgehead atoms. The average Bonchev–Trinajstić information content (AvgIpc) is 1.49. The van der Waals surface area contributed by atoms with E-state index in [0.29, 0.717) is 5.82 Å². The number of benzene rings is 18. The number of para-hydroxylation sites is 6. The fourth-order valence-corrected chi connectivity index (χ4v) is 27.9. The van der Waals surface area contributed by atoms with E-state index in [1.807, 2.05) is 59.5 Å². The summed E-state index contributed by atoms with van der Waals surface area (Å²) in [4.78, 5) is 41.0. The molecule has 13 heterocycles. The molecule has 12 nitrogen and oxygen atoms in total. The van der Waals surface area contributed by atoms with Crippen molar-refractivity contribution in [1.82, 2.24) is 58.1 Å². The van der Waals surface area contributed by atoms with Gasteiger partial charge in [0.1, 0.15) is 33.5 Å². The van der Waals surface area contributed by atoms with Gasteiger partial charge in [0.2, 0.25) is 0 Å². The van der Waals surface area contributed by atoms with Gasteiger partial charge < -0.3 is 18.3 Å².